The maximum Gasteiger partial charge on any atom is 0.410 e. The van der Waals surface area contributed by atoms with Gasteiger partial charge < -0.3 is 24.1 Å². The standard InChI is InChI=1S/C43H45NO6/c45-39-27-26-38(44(28-33-16-6-1-7-17-33)43(46)50-32-37-24-14-5-15-25-37)40(47-29-34-18-8-2-9-19-34)42(49-31-36-22-12-4-13-23-36)41(39)48-30-35-20-10-3-11-21-35/h1-25,38-42,45H,26-32H2/t38-,39?,40+,41-,42-/m1/s1. The van der Waals surface area contributed by atoms with Crippen LogP contribution in [0.25, 0.3) is 0 Å². The topological polar surface area (TPSA) is 77.5 Å². The Morgan fingerprint density at radius 3 is 1.34 bits per heavy atom. The van der Waals surface area contributed by atoms with Crippen LogP contribution >= 0.6 is 0 Å². The average molecular weight is 672 g/mol. The van der Waals surface area contributed by atoms with Crippen molar-refractivity contribution in [3.05, 3.63) is 179 Å². The van der Waals surface area contributed by atoms with E-state index in [9.17, 15) is 9.90 Å². The van der Waals surface area contributed by atoms with Crippen molar-refractivity contribution in [1.82, 2.24) is 4.90 Å². The third-order valence-electron chi connectivity index (χ3n) is 9.06. The molecule has 0 spiro atoms. The molecule has 0 heterocycles. The fourth-order valence-electron chi connectivity index (χ4n) is 6.43. The zero-order valence-corrected chi connectivity index (χ0v) is 28.2. The number of aliphatic hydroxyl groups excluding tert-OH is 1. The Hall–Kier alpha value is -4.79. The van der Waals surface area contributed by atoms with Gasteiger partial charge in [0.15, 0.2) is 0 Å². The summed E-state index contributed by atoms with van der Waals surface area (Å²) in [6.45, 7) is 1.27. The lowest BCUT2D eigenvalue weighted by molar-refractivity contribution is -0.181. The molecular formula is C43H45NO6. The molecule has 0 bridgehead atoms. The highest BCUT2D eigenvalue weighted by Gasteiger charge is 2.47. The first-order valence-corrected chi connectivity index (χ1v) is 17.3. The molecule has 258 valence electrons. The van der Waals surface area contributed by atoms with Crippen LogP contribution in [-0.2, 0) is 51.9 Å². The molecule has 1 unspecified atom stereocenters. The molecule has 7 heteroatoms. The Morgan fingerprint density at radius 2 is 0.880 bits per heavy atom. The SMILES string of the molecule is O=C(OCc1ccccc1)N(Cc1ccccc1)[C@@H]1CCC(O)[C@@H](OCc2ccccc2)[C@H](OCc2ccccc2)[C@H]1OCc1ccccc1. The summed E-state index contributed by atoms with van der Waals surface area (Å²) in [5.41, 5.74) is 4.80. The number of nitrogens with zero attached hydrogens (tertiary/aromatic N) is 1. The summed E-state index contributed by atoms with van der Waals surface area (Å²) in [5.74, 6) is 0. The van der Waals surface area contributed by atoms with Crippen molar-refractivity contribution in [3.8, 4) is 0 Å². The smallest absolute Gasteiger partial charge is 0.410 e. The van der Waals surface area contributed by atoms with Crippen molar-refractivity contribution in [2.24, 2.45) is 0 Å². The van der Waals surface area contributed by atoms with E-state index in [1.807, 2.05) is 152 Å². The molecular weight excluding hydrogens is 626 g/mol. The van der Waals surface area contributed by atoms with Crippen LogP contribution in [0.2, 0.25) is 0 Å². The van der Waals surface area contributed by atoms with E-state index in [-0.39, 0.29) is 26.4 Å². The van der Waals surface area contributed by atoms with Gasteiger partial charge in [0.2, 0.25) is 0 Å². The second-order valence-corrected chi connectivity index (χ2v) is 12.6. The summed E-state index contributed by atoms with van der Waals surface area (Å²) >= 11 is 0. The number of aliphatic hydroxyl groups is 1. The zero-order valence-electron chi connectivity index (χ0n) is 28.2. The minimum atomic E-state index is -0.869. The molecule has 1 aliphatic carbocycles. The number of carbonyl (C=O) groups is 1. The van der Waals surface area contributed by atoms with Crippen LogP contribution in [0, 0.1) is 0 Å². The van der Waals surface area contributed by atoms with Crippen molar-refractivity contribution in [1.29, 1.82) is 0 Å². The van der Waals surface area contributed by atoms with Crippen molar-refractivity contribution in [2.45, 2.75) is 76.3 Å². The Kier molecular flexibility index (Phi) is 12.8. The van der Waals surface area contributed by atoms with Gasteiger partial charge in [-0.2, -0.15) is 0 Å². The van der Waals surface area contributed by atoms with E-state index in [1.54, 1.807) is 4.90 Å². The predicted molar refractivity (Wildman–Crippen MR) is 193 cm³/mol. The number of ether oxygens (including phenoxy) is 4. The molecule has 5 aromatic rings. The van der Waals surface area contributed by atoms with Crippen molar-refractivity contribution < 1.29 is 28.8 Å². The minimum Gasteiger partial charge on any atom is -0.445 e. The molecule has 6 rings (SSSR count). The highest BCUT2D eigenvalue weighted by molar-refractivity contribution is 5.68. The Morgan fingerprint density at radius 1 is 0.500 bits per heavy atom. The van der Waals surface area contributed by atoms with Gasteiger partial charge in [0.25, 0.3) is 0 Å². The second kappa shape index (κ2) is 18.3. The van der Waals surface area contributed by atoms with E-state index in [4.69, 9.17) is 18.9 Å². The van der Waals surface area contributed by atoms with Crippen LogP contribution in [0.3, 0.4) is 0 Å². The van der Waals surface area contributed by atoms with E-state index >= 15 is 0 Å². The molecule has 1 N–H and O–H groups in total. The molecule has 7 nitrogen and oxygen atoms in total. The molecule has 0 aromatic heterocycles. The second-order valence-electron chi connectivity index (χ2n) is 12.6. The van der Waals surface area contributed by atoms with E-state index in [0.717, 1.165) is 27.8 Å². The summed E-state index contributed by atoms with van der Waals surface area (Å²) in [5, 5.41) is 11.8. The largest absolute Gasteiger partial charge is 0.445 e. The number of amides is 1. The maximum atomic E-state index is 14.2. The van der Waals surface area contributed by atoms with Crippen molar-refractivity contribution in [3.63, 3.8) is 0 Å². The monoisotopic (exact) mass is 671 g/mol. The third-order valence-corrected chi connectivity index (χ3v) is 9.06. The summed E-state index contributed by atoms with van der Waals surface area (Å²) in [7, 11) is 0. The van der Waals surface area contributed by atoms with E-state index in [0.29, 0.717) is 19.4 Å². The summed E-state index contributed by atoms with van der Waals surface area (Å²) in [6.07, 6.45) is -2.65. The fourth-order valence-corrected chi connectivity index (χ4v) is 6.43. The van der Waals surface area contributed by atoms with Crippen LogP contribution in [0.1, 0.15) is 40.7 Å². The van der Waals surface area contributed by atoms with E-state index in [2.05, 4.69) is 0 Å². The first-order valence-electron chi connectivity index (χ1n) is 17.3. The summed E-state index contributed by atoms with van der Waals surface area (Å²) in [4.78, 5) is 16.0. The van der Waals surface area contributed by atoms with E-state index in [1.165, 1.54) is 0 Å². The fraction of sp³-hybridized carbons (Fsp3) is 0.279. The molecule has 0 radical (unpaired) electrons. The van der Waals surface area contributed by atoms with Gasteiger partial charge in [-0.05, 0) is 40.7 Å². The quantitative estimate of drug-likeness (QED) is 0.120. The lowest BCUT2D eigenvalue weighted by atomic mass is 9.99. The van der Waals surface area contributed by atoms with Gasteiger partial charge in [-0.1, -0.05) is 152 Å². The predicted octanol–water partition coefficient (Wildman–Crippen LogP) is 8.10. The van der Waals surface area contributed by atoms with E-state index < -0.39 is 36.6 Å². The summed E-state index contributed by atoms with van der Waals surface area (Å²) < 4.78 is 26.2. The molecule has 50 heavy (non-hydrogen) atoms. The Balaban J connectivity index is 1.36. The lowest BCUT2D eigenvalue weighted by Gasteiger charge is -2.40. The molecule has 1 amide bonds. The van der Waals surface area contributed by atoms with Crippen LogP contribution in [0.15, 0.2) is 152 Å². The van der Waals surface area contributed by atoms with Gasteiger partial charge in [-0.3, -0.25) is 4.90 Å². The molecule has 0 saturated heterocycles. The molecule has 1 fully saturated rings. The number of rotatable bonds is 14. The molecule has 5 aromatic carbocycles. The highest BCUT2D eigenvalue weighted by atomic mass is 16.6. The zero-order chi connectivity index (χ0) is 34.4. The first-order chi connectivity index (χ1) is 24.6. The van der Waals surface area contributed by atoms with Crippen molar-refractivity contribution in [2.75, 3.05) is 0 Å². The average Bonchev–Trinajstić information content (AvgIpc) is 3.30. The number of hydrogen-bond acceptors (Lipinski definition) is 6. The van der Waals surface area contributed by atoms with Crippen molar-refractivity contribution >= 4 is 6.09 Å². The molecule has 0 aliphatic heterocycles. The number of benzene rings is 5. The number of hydrogen-bond donors (Lipinski definition) is 1. The molecule has 1 aliphatic rings. The van der Waals surface area contributed by atoms with Gasteiger partial charge >= 0.3 is 6.09 Å². The highest BCUT2D eigenvalue weighted by Crippen LogP contribution is 2.33. The number of carbonyl (C=O) groups excluding carboxylic acids is 1. The maximum absolute atomic E-state index is 14.2. The normalized spacial score (nSPS) is 20.5. The van der Waals surface area contributed by atoms with Gasteiger partial charge in [-0.15, -0.1) is 0 Å². The minimum absolute atomic E-state index is 0.132. The molecule has 5 atom stereocenters. The van der Waals surface area contributed by atoms with Crippen LogP contribution < -0.4 is 0 Å². The molecule has 1 saturated carbocycles. The lowest BCUT2D eigenvalue weighted by Crippen LogP contribution is -2.55. The third kappa shape index (κ3) is 9.89. The van der Waals surface area contributed by atoms with Gasteiger partial charge in [-0.25, -0.2) is 4.79 Å². The first kappa shape index (κ1) is 35.1. The van der Waals surface area contributed by atoms with Crippen LogP contribution in [-0.4, -0.2) is 46.6 Å². The van der Waals surface area contributed by atoms with Gasteiger partial charge in [0.05, 0.1) is 32.0 Å². The van der Waals surface area contributed by atoms with Crippen LogP contribution in [0.4, 0.5) is 4.79 Å². The van der Waals surface area contributed by atoms with Crippen LogP contribution in [0.5, 0.6) is 0 Å². The van der Waals surface area contributed by atoms with Gasteiger partial charge in [0, 0.05) is 6.54 Å². The summed E-state index contributed by atoms with van der Waals surface area (Å²) in [6, 6.07) is 48.8. The Bertz CT molecular complexity index is 1690. The Labute approximate surface area is 295 Å². The van der Waals surface area contributed by atoms with Gasteiger partial charge in [0.1, 0.15) is 24.9 Å².